The first-order valence-electron chi connectivity index (χ1n) is 9.50. The van der Waals surface area contributed by atoms with Gasteiger partial charge in [0, 0.05) is 17.5 Å². The molecule has 0 aliphatic rings. The van der Waals surface area contributed by atoms with E-state index in [1.165, 1.54) is 6.26 Å². The molecule has 7 heteroatoms. The number of benzene rings is 2. The van der Waals surface area contributed by atoms with Crippen molar-refractivity contribution < 1.29 is 18.7 Å². The predicted molar refractivity (Wildman–Crippen MR) is 117 cm³/mol. The van der Waals surface area contributed by atoms with Crippen LogP contribution < -0.4 is 4.57 Å². The number of nitrogens with zero attached hydrogens (tertiary/aromatic N) is 2. The Labute approximate surface area is 183 Å². The summed E-state index contributed by atoms with van der Waals surface area (Å²) in [5.74, 6) is -0.0937. The first-order valence-corrected chi connectivity index (χ1v) is 9.88. The van der Waals surface area contributed by atoms with Crippen molar-refractivity contribution in [2.75, 3.05) is 0 Å². The number of rotatable bonds is 5. The summed E-state index contributed by atoms with van der Waals surface area (Å²) in [6.07, 6.45) is 1.43. The molecule has 0 radical (unpaired) electrons. The quantitative estimate of drug-likeness (QED) is 0.179. The number of furan rings is 1. The Hall–Kier alpha value is -3.77. The number of aromatic nitrogens is 1. The largest absolute Gasteiger partial charge is 0.464 e. The number of ketones is 1. The van der Waals surface area contributed by atoms with E-state index in [4.69, 9.17) is 16.0 Å². The maximum Gasteiger partial charge on any atom is 0.352 e. The van der Waals surface area contributed by atoms with E-state index in [0.717, 1.165) is 0 Å². The van der Waals surface area contributed by atoms with Gasteiger partial charge in [-0.15, -0.1) is 0 Å². The Balaban J connectivity index is 2.12. The zero-order chi connectivity index (χ0) is 22.1. The molecule has 0 bridgehead atoms. The first-order chi connectivity index (χ1) is 14.9. The first kappa shape index (κ1) is 20.5. The van der Waals surface area contributed by atoms with Gasteiger partial charge in [-0.05, 0) is 48.5 Å². The van der Waals surface area contributed by atoms with Gasteiger partial charge >= 0.3 is 5.69 Å². The molecular formula is C24H18ClN2O4+. The van der Waals surface area contributed by atoms with E-state index in [1.807, 2.05) is 18.2 Å². The summed E-state index contributed by atoms with van der Waals surface area (Å²) in [6.45, 7) is 1.77. The third-order valence-electron chi connectivity index (χ3n) is 5.24. The van der Waals surface area contributed by atoms with Crippen LogP contribution in [0.5, 0.6) is 0 Å². The highest BCUT2D eigenvalue weighted by Crippen LogP contribution is 2.41. The number of nitro groups is 1. The van der Waals surface area contributed by atoms with Gasteiger partial charge in [0.25, 0.3) is 5.69 Å². The van der Waals surface area contributed by atoms with E-state index in [9.17, 15) is 14.9 Å². The van der Waals surface area contributed by atoms with Crippen LogP contribution in [0.15, 0.2) is 77.4 Å². The molecule has 0 saturated heterocycles. The second kappa shape index (κ2) is 8.16. The number of hydrogen-bond acceptors (Lipinski definition) is 4. The van der Waals surface area contributed by atoms with Crippen LogP contribution in [0.1, 0.15) is 21.6 Å². The van der Waals surface area contributed by atoms with Gasteiger partial charge in [0.15, 0.2) is 11.5 Å². The number of carbonyl (C=O) groups is 1. The zero-order valence-corrected chi connectivity index (χ0v) is 17.6. The molecule has 154 valence electrons. The molecule has 0 saturated carbocycles. The van der Waals surface area contributed by atoms with Crippen LogP contribution in [0.25, 0.3) is 22.6 Å². The molecule has 0 atom stereocenters. The molecule has 2 aromatic heterocycles. The fraction of sp³-hybridized carbons (Fsp3) is 0.0833. The van der Waals surface area contributed by atoms with Gasteiger partial charge in [0.1, 0.15) is 23.9 Å². The molecule has 0 aliphatic carbocycles. The van der Waals surface area contributed by atoms with Crippen molar-refractivity contribution in [2.24, 2.45) is 7.05 Å². The van der Waals surface area contributed by atoms with Crippen LogP contribution in [0, 0.1) is 17.0 Å². The summed E-state index contributed by atoms with van der Waals surface area (Å²) >= 11 is 5.97. The summed E-state index contributed by atoms with van der Waals surface area (Å²) in [4.78, 5) is 25.4. The Bertz CT molecular complexity index is 1280. The van der Waals surface area contributed by atoms with Crippen molar-refractivity contribution in [1.82, 2.24) is 0 Å². The van der Waals surface area contributed by atoms with Crippen molar-refractivity contribution in [1.29, 1.82) is 0 Å². The van der Waals surface area contributed by atoms with E-state index >= 15 is 0 Å². The lowest BCUT2D eigenvalue weighted by atomic mass is 9.92. The molecule has 4 aromatic rings. The smallest absolute Gasteiger partial charge is 0.352 e. The molecule has 0 N–H and O–H groups in total. The highest BCUT2D eigenvalue weighted by Gasteiger charge is 2.39. The zero-order valence-electron chi connectivity index (χ0n) is 16.8. The maximum atomic E-state index is 13.5. The van der Waals surface area contributed by atoms with Crippen LogP contribution in [0.2, 0.25) is 5.02 Å². The molecule has 0 amide bonds. The molecule has 6 nitrogen and oxygen atoms in total. The van der Waals surface area contributed by atoms with E-state index in [0.29, 0.717) is 27.5 Å². The van der Waals surface area contributed by atoms with Gasteiger partial charge < -0.3 is 4.42 Å². The van der Waals surface area contributed by atoms with Crippen LogP contribution in [0.3, 0.4) is 0 Å². The van der Waals surface area contributed by atoms with E-state index in [1.54, 1.807) is 67.1 Å². The molecule has 31 heavy (non-hydrogen) atoms. The van der Waals surface area contributed by atoms with Crippen molar-refractivity contribution in [3.8, 4) is 22.6 Å². The molecule has 2 aromatic carbocycles. The Morgan fingerprint density at radius 1 is 1.03 bits per heavy atom. The van der Waals surface area contributed by atoms with Crippen LogP contribution >= 0.6 is 11.6 Å². The van der Waals surface area contributed by atoms with Crippen LogP contribution in [0.4, 0.5) is 5.69 Å². The monoisotopic (exact) mass is 433 g/mol. The second-order valence-electron chi connectivity index (χ2n) is 7.03. The topological polar surface area (TPSA) is 77.2 Å². The molecule has 0 fully saturated rings. The lowest BCUT2D eigenvalue weighted by Gasteiger charge is -2.13. The predicted octanol–water partition coefficient (Wildman–Crippen LogP) is 5.54. The van der Waals surface area contributed by atoms with Crippen molar-refractivity contribution in [3.05, 3.63) is 105 Å². The summed E-state index contributed by atoms with van der Waals surface area (Å²) in [7, 11) is 1.72. The Morgan fingerprint density at radius 2 is 1.71 bits per heavy atom. The summed E-state index contributed by atoms with van der Waals surface area (Å²) < 4.78 is 7.24. The van der Waals surface area contributed by atoms with Gasteiger partial charge in [-0.2, -0.15) is 4.57 Å². The molecule has 2 heterocycles. The number of hydrogen-bond donors (Lipinski definition) is 0. The van der Waals surface area contributed by atoms with Crippen molar-refractivity contribution in [2.45, 2.75) is 6.92 Å². The lowest BCUT2D eigenvalue weighted by Crippen LogP contribution is -2.38. The van der Waals surface area contributed by atoms with E-state index in [2.05, 4.69) is 0 Å². The fourth-order valence-electron chi connectivity index (χ4n) is 3.70. The minimum Gasteiger partial charge on any atom is -0.464 e. The number of carbonyl (C=O) groups excluding carboxylic acids is 1. The number of halogens is 1. The maximum absolute atomic E-state index is 13.5. The van der Waals surface area contributed by atoms with Gasteiger partial charge in [-0.25, -0.2) is 0 Å². The molecule has 0 spiro atoms. The summed E-state index contributed by atoms with van der Waals surface area (Å²) in [6, 6.07) is 18.8. The van der Waals surface area contributed by atoms with E-state index < -0.39 is 4.92 Å². The average Bonchev–Trinajstić information content (AvgIpc) is 3.30. The van der Waals surface area contributed by atoms with Crippen molar-refractivity contribution in [3.63, 3.8) is 0 Å². The second-order valence-corrected chi connectivity index (χ2v) is 7.46. The van der Waals surface area contributed by atoms with Gasteiger partial charge in [-0.1, -0.05) is 29.8 Å². The highest BCUT2D eigenvalue weighted by molar-refractivity contribution is 6.30. The summed E-state index contributed by atoms with van der Waals surface area (Å²) in [5, 5.41) is 12.8. The van der Waals surface area contributed by atoms with Gasteiger partial charge in [-0.3, -0.25) is 14.9 Å². The Kier molecular flexibility index (Phi) is 5.40. The van der Waals surface area contributed by atoms with Crippen LogP contribution in [-0.4, -0.2) is 10.7 Å². The highest BCUT2D eigenvalue weighted by atomic mass is 35.5. The van der Waals surface area contributed by atoms with E-state index in [-0.39, 0.29) is 28.4 Å². The third kappa shape index (κ3) is 3.62. The van der Waals surface area contributed by atoms with Gasteiger partial charge in [0.05, 0.1) is 16.7 Å². The lowest BCUT2D eigenvalue weighted by molar-refractivity contribution is -0.669. The minimum atomic E-state index is -0.460. The van der Waals surface area contributed by atoms with Gasteiger partial charge in [0.2, 0.25) is 0 Å². The molecule has 0 aliphatic heterocycles. The third-order valence-corrected chi connectivity index (χ3v) is 5.49. The average molecular weight is 434 g/mol. The SMILES string of the molecule is Cc1c(C(=O)c2ccc(Cl)cc2)c(-c2ccco2)c([N+](=O)[O-])c(-c2ccccc2)[n+]1C. The minimum absolute atomic E-state index is 0.157. The van der Waals surface area contributed by atoms with Crippen LogP contribution in [-0.2, 0) is 7.05 Å². The fourth-order valence-corrected chi connectivity index (χ4v) is 3.83. The summed E-state index contributed by atoms with van der Waals surface area (Å²) in [5.41, 5.74) is 2.19. The molecule has 0 unspecified atom stereocenters. The normalized spacial score (nSPS) is 10.8. The molecule has 4 rings (SSSR count). The van der Waals surface area contributed by atoms with Crippen molar-refractivity contribution >= 4 is 23.1 Å². The standard InChI is InChI=1S/C24H18ClN2O4/c1-15-20(24(28)17-10-12-18(25)13-11-17)21(19-9-6-14-31-19)23(27(29)30)22(26(15)2)16-7-4-3-5-8-16/h3-14H,1-2H3/q+1. The molecular weight excluding hydrogens is 416 g/mol. The Morgan fingerprint density at radius 3 is 2.29 bits per heavy atom. The number of pyridine rings is 1.